The molecule has 0 aliphatic carbocycles. The molecule has 0 saturated heterocycles. The number of rotatable bonds is 1. The summed E-state index contributed by atoms with van der Waals surface area (Å²) < 4.78 is 0. The van der Waals surface area contributed by atoms with Crippen molar-refractivity contribution in [2.24, 2.45) is 0 Å². The molecule has 2 aromatic rings. The van der Waals surface area contributed by atoms with Crippen molar-refractivity contribution in [2.75, 3.05) is 5.73 Å². The highest BCUT2D eigenvalue weighted by Crippen LogP contribution is 2.28. The van der Waals surface area contributed by atoms with Crippen LogP contribution in [0, 0.1) is 0 Å². The van der Waals surface area contributed by atoms with Gasteiger partial charge >= 0.3 is 5.97 Å². The zero-order valence-corrected chi connectivity index (χ0v) is 10.7. The number of nitrogens with two attached hydrogens (primary N) is 1. The van der Waals surface area contributed by atoms with Crippen LogP contribution < -0.4 is 5.73 Å². The molecule has 1 heterocycles. The molecular formula is C14H16N2O2. The van der Waals surface area contributed by atoms with E-state index in [0.717, 1.165) is 10.9 Å². The normalized spacial score (nSPS) is 11.7. The number of carboxylic acid groups (broad SMARTS) is 1. The molecule has 0 fully saturated rings. The van der Waals surface area contributed by atoms with Crippen molar-refractivity contribution < 1.29 is 9.90 Å². The lowest BCUT2D eigenvalue weighted by Gasteiger charge is -2.19. The monoisotopic (exact) mass is 244 g/mol. The quantitative estimate of drug-likeness (QED) is 0.808. The van der Waals surface area contributed by atoms with Crippen molar-refractivity contribution in [3.63, 3.8) is 0 Å². The Labute approximate surface area is 105 Å². The third-order valence-corrected chi connectivity index (χ3v) is 2.93. The summed E-state index contributed by atoms with van der Waals surface area (Å²) in [5, 5.41) is 9.73. The number of carbonyl (C=O) groups is 1. The van der Waals surface area contributed by atoms with Crippen LogP contribution in [-0.2, 0) is 5.41 Å². The highest BCUT2D eigenvalue weighted by Gasteiger charge is 2.16. The summed E-state index contributed by atoms with van der Waals surface area (Å²) in [4.78, 5) is 15.0. The summed E-state index contributed by atoms with van der Waals surface area (Å²) in [6.45, 7) is 6.34. The molecule has 0 bridgehead atoms. The van der Waals surface area contributed by atoms with Crippen LogP contribution in [-0.4, -0.2) is 16.1 Å². The zero-order chi connectivity index (χ0) is 13.5. The van der Waals surface area contributed by atoms with Crippen molar-refractivity contribution in [3.05, 3.63) is 35.5 Å². The van der Waals surface area contributed by atoms with Crippen LogP contribution in [0.15, 0.2) is 24.3 Å². The highest BCUT2D eigenvalue weighted by molar-refractivity contribution is 5.96. The molecule has 2 rings (SSSR count). The van der Waals surface area contributed by atoms with Crippen LogP contribution in [0.5, 0.6) is 0 Å². The predicted octanol–water partition coefficient (Wildman–Crippen LogP) is 2.81. The second kappa shape index (κ2) is 3.98. The maximum Gasteiger partial charge on any atom is 0.354 e. The summed E-state index contributed by atoms with van der Waals surface area (Å²) >= 11 is 0. The van der Waals surface area contributed by atoms with Gasteiger partial charge in [0.25, 0.3) is 0 Å². The number of nitrogens with zero attached hydrogens (tertiary/aromatic N) is 1. The van der Waals surface area contributed by atoms with E-state index in [1.165, 1.54) is 6.07 Å². The van der Waals surface area contributed by atoms with Gasteiger partial charge in [-0.2, -0.15) is 0 Å². The van der Waals surface area contributed by atoms with Gasteiger partial charge in [-0.05, 0) is 29.2 Å². The number of benzene rings is 1. The van der Waals surface area contributed by atoms with Crippen LogP contribution in [0.2, 0.25) is 0 Å². The third-order valence-electron chi connectivity index (χ3n) is 2.93. The molecule has 4 heteroatoms. The molecular weight excluding hydrogens is 228 g/mol. The first-order valence-electron chi connectivity index (χ1n) is 5.73. The number of fused-ring (bicyclic) bond motifs is 1. The molecule has 4 nitrogen and oxygen atoms in total. The van der Waals surface area contributed by atoms with E-state index in [9.17, 15) is 4.79 Å². The molecule has 0 amide bonds. The summed E-state index contributed by atoms with van der Waals surface area (Å²) in [5.74, 6) is -1.07. The first kappa shape index (κ1) is 12.4. The fourth-order valence-electron chi connectivity index (χ4n) is 1.83. The van der Waals surface area contributed by atoms with Gasteiger partial charge in [0.2, 0.25) is 0 Å². The molecule has 0 radical (unpaired) electrons. The minimum absolute atomic E-state index is 0.0199. The second-order valence-corrected chi connectivity index (χ2v) is 5.38. The Morgan fingerprint density at radius 2 is 1.94 bits per heavy atom. The predicted molar refractivity (Wildman–Crippen MR) is 71.8 cm³/mol. The fraction of sp³-hybridized carbons (Fsp3) is 0.286. The Kier molecular flexibility index (Phi) is 2.73. The van der Waals surface area contributed by atoms with Crippen LogP contribution >= 0.6 is 0 Å². The molecule has 0 aliphatic heterocycles. The Morgan fingerprint density at radius 3 is 2.50 bits per heavy atom. The van der Waals surface area contributed by atoms with Crippen molar-refractivity contribution in [1.82, 2.24) is 4.98 Å². The number of carboxylic acids is 1. The minimum atomic E-state index is -1.07. The molecule has 94 valence electrons. The van der Waals surface area contributed by atoms with Gasteiger partial charge in [0.05, 0.1) is 5.52 Å². The van der Waals surface area contributed by atoms with Gasteiger partial charge in [-0.1, -0.05) is 26.8 Å². The Balaban J connectivity index is 2.69. The SMILES string of the molecule is CC(C)(C)c1ccc2nc(C(=O)O)cc(N)c2c1. The topological polar surface area (TPSA) is 76.2 Å². The summed E-state index contributed by atoms with van der Waals surface area (Å²) in [6, 6.07) is 7.15. The zero-order valence-electron chi connectivity index (χ0n) is 10.7. The Bertz CT molecular complexity index is 627. The van der Waals surface area contributed by atoms with Crippen molar-refractivity contribution in [2.45, 2.75) is 26.2 Å². The van der Waals surface area contributed by atoms with E-state index >= 15 is 0 Å². The largest absolute Gasteiger partial charge is 0.477 e. The van der Waals surface area contributed by atoms with E-state index in [-0.39, 0.29) is 11.1 Å². The highest BCUT2D eigenvalue weighted by atomic mass is 16.4. The molecule has 0 saturated carbocycles. The average Bonchev–Trinajstić information content (AvgIpc) is 2.27. The lowest BCUT2D eigenvalue weighted by molar-refractivity contribution is 0.0691. The molecule has 1 aromatic carbocycles. The van der Waals surface area contributed by atoms with Gasteiger partial charge in [-0.25, -0.2) is 9.78 Å². The smallest absolute Gasteiger partial charge is 0.354 e. The number of pyridine rings is 1. The van der Waals surface area contributed by atoms with Crippen molar-refractivity contribution >= 4 is 22.6 Å². The molecule has 0 atom stereocenters. The molecule has 0 aliphatic rings. The number of anilines is 1. The Hall–Kier alpha value is -2.10. The maximum absolute atomic E-state index is 10.9. The molecule has 18 heavy (non-hydrogen) atoms. The number of aromatic carboxylic acids is 1. The summed E-state index contributed by atoms with van der Waals surface area (Å²) in [6.07, 6.45) is 0. The summed E-state index contributed by atoms with van der Waals surface area (Å²) in [7, 11) is 0. The number of hydrogen-bond donors (Lipinski definition) is 2. The molecule has 0 spiro atoms. The van der Waals surface area contributed by atoms with E-state index < -0.39 is 5.97 Å². The van der Waals surface area contributed by atoms with Crippen LogP contribution in [0.3, 0.4) is 0 Å². The van der Waals surface area contributed by atoms with Gasteiger partial charge in [0.15, 0.2) is 5.69 Å². The van der Waals surface area contributed by atoms with Crippen LogP contribution in [0.1, 0.15) is 36.8 Å². The first-order valence-corrected chi connectivity index (χ1v) is 5.73. The number of hydrogen-bond acceptors (Lipinski definition) is 3. The average molecular weight is 244 g/mol. The lowest BCUT2D eigenvalue weighted by Crippen LogP contribution is -2.11. The van der Waals surface area contributed by atoms with E-state index in [0.29, 0.717) is 11.2 Å². The van der Waals surface area contributed by atoms with Crippen molar-refractivity contribution in [1.29, 1.82) is 0 Å². The van der Waals surface area contributed by atoms with Gasteiger partial charge in [0.1, 0.15) is 0 Å². The maximum atomic E-state index is 10.9. The number of aromatic nitrogens is 1. The fourth-order valence-corrected chi connectivity index (χ4v) is 1.83. The Morgan fingerprint density at radius 1 is 1.28 bits per heavy atom. The third kappa shape index (κ3) is 2.14. The molecule has 0 unspecified atom stereocenters. The van der Waals surface area contributed by atoms with Gasteiger partial charge in [-0.3, -0.25) is 0 Å². The van der Waals surface area contributed by atoms with Crippen molar-refractivity contribution in [3.8, 4) is 0 Å². The standard InChI is InChI=1S/C14H16N2O2/c1-14(2,3)8-4-5-11-9(6-8)10(15)7-12(16-11)13(17)18/h4-7H,1-3H3,(H2,15,16)(H,17,18). The van der Waals surface area contributed by atoms with E-state index in [1.807, 2.05) is 18.2 Å². The molecule has 3 N–H and O–H groups in total. The minimum Gasteiger partial charge on any atom is -0.477 e. The van der Waals surface area contributed by atoms with E-state index in [4.69, 9.17) is 10.8 Å². The second-order valence-electron chi connectivity index (χ2n) is 5.38. The lowest BCUT2D eigenvalue weighted by atomic mass is 9.86. The molecule has 1 aromatic heterocycles. The van der Waals surface area contributed by atoms with E-state index in [1.54, 1.807) is 0 Å². The van der Waals surface area contributed by atoms with Gasteiger partial charge in [0, 0.05) is 11.1 Å². The van der Waals surface area contributed by atoms with Crippen LogP contribution in [0.25, 0.3) is 10.9 Å². The van der Waals surface area contributed by atoms with Gasteiger partial charge in [-0.15, -0.1) is 0 Å². The summed E-state index contributed by atoms with van der Waals surface area (Å²) in [5.41, 5.74) is 8.10. The number of nitrogen functional groups attached to an aromatic ring is 1. The van der Waals surface area contributed by atoms with Crippen LogP contribution in [0.4, 0.5) is 5.69 Å². The van der Waals surface area contributed by atoms with E-state index in [2.05, 4.69) is 25.8 Å². The van der Waals surface area contributed by atoms with Gasteiger partial charge < -0.3 is 10.8 Å². The first-order chi connectivity index (χ1) is 8.29.